The number of carbonyl (C=O) groups excluding carboxylic acids is 1. The molecule has 1 aliphatic rings. The van der Waals surface area contributed by atoms with E-state index in [1.54, 1.807) is 6.20 Å². The van der Waals surface area contributed by atoms with Crippen LogP contribution in [-0.2, 0) is 6.42 Å². The molecule has 0 radical (unpaired) electrons. The molecule has 0 fully saturated rings. The lowest BCUT2D eigenvalue weighted by Gasteiger charge is -2.20. The molecule has 0 saturated carbocycles. The fourth-order valence-electron chi connectivity index (χ4n) is 2.17. The van der Waals surface area contributed by atoms with E-state index in [2.05, 4.69) is 15.6 Å². The van der Waals surface area contributed by atoms with Gasteiger partial charge in [0, 0.05) is 29.4 Å². The Morgan fingerprint density at radius 2 is 2.39 bits per heavy atom. The third-order valence-electron chi connectivity index (χ3n) is 2.99. The quantitative estimate of drug-likeness (QED) is 0.872. The molecule has 18 heavy (non-hydrogen) atoms. The number of rotatable bonds is 2. The van der Waals surface area contributed by atoms with E-state index >= 15 is 0 Å². The summed E-state index contributed by atoms with van der Waals surface area (Å²) in [6.45, 7) is 0.977. The largest absolute Gasteiger partial charge is 0.385 e. The zero-order valence-electron chi connectivity index (χ0n) is 9.77. The first-order valence-electron chi connectivity index (χ1n) is 5.91. The molecular formula is C13H13N3OS. The summed E-state index contributed by atoms with van der Waals surface area (Å²) in [7, 11) is 0. The normalized spacial score (nSPS) is 13.6. The molecule has 0 unspecified atom stereocenters. The third kappa shape index (κ3) is 2.09. The maximum Gasteiger partial charge on any atom is 0.257 e. The van der Waals surface area contributed by atoms with Crippen LogP contribution in [0.15, 0.2) is 29.8 Å². The number of amides is 1. The van der Waals surface area contributed by atoms with Gasteiger partial charge < -0.3 is 5.32 Å². The Morgan fingerprint density at radius 3 is 3.22 bits per heavy atom. The summed E-state index contributed by atoms with van der Waals surface area (Å²) in [5.41, 5.74) is 2.93. The summed E-state index contributed by atoms with van der Waals surface area (Å²) in [5.74, 6) is -0.0782. The van der Waals surface area contributed by atoms with Gasteiger partial charge >= 0.3 is 0 Å². The average molecular weight is 259 g/mol. The average Bonchev–Trinajstić information content (AvgIpc) is 2.91. The van der Waals surface area contributed by atoms with Crippen molar-refractivity contribution in [3.63, 3.8) is 0 Å². The zero-order valence-corrected chi connectivity index (χ0v) is 10.6. The van der Waals surface area contributed by atoms with E-state index in [1.807, 2.05) is 23.6 Å². The fraction of sp³-hybridized carbons (Fsp3) is 0.231. The highest BCUT2D eigenvalue weighted by Gasteiger charge is 2.17. The number of fused-ring (bicyclic) bond motifs is 1. The molecule has 5 heteroatoms. The lowest BCUT2D eigenvalue weighted by Crippen LogP contribution is -2.19. The second-order valence-corrected chi connectivity index (χ2v) is 5.05. The Bertz CT molecular complexity index is 566. The second kappa shape index (κ2) is 4.78. The summed E-state index contributed by atoms with van der Waals surface area (Å²) in [5, 5.41) is 8.64. The summed E-state index contributed by atoms with van der Waals surface area (Å²) in [4.78, 5) is 16.3. The van der Waals surface area contributed by atoms with Crippen LogP contribution in [-0.4, -0.2) is 17.4 Å². The molecule has 1 aromatic heterocycles. The van der Waals surface area contributed by atoms with Gasteiger partial charge in [-0.1, -0.05) is 6.07 Å². The second-order valence-electron chi connectivity index (χ2n) is 4.15. The minimum absolute atomic E-state index is 0.0782. The molecule has 92 valence electrons. The van der Waals surface area contributed by atoms with Crippen molar-refractivity contribution < 1.29 is 4.79 Å². The van der Waals surface area contributed by atoms with Crippen LogP contribution in [0.5, 0.6) is 0 Å². The maximum absolute atomic E-state index is 12.2. The molecule has 2 heterocycles. The number of carbonyl (C=O) groups is 1. The fourth-order valence-corrected chi connectivity index (χ4v) is 2.70. The van der Waals surface area contributed by atoms with Crippen LogP contribution in [0.25, 0.3) is 0 Å². The molecule has 2 N–H and O–H groups in total. The van der Waals surface area contributed by atoms with Gasteiger partial charge in [0.05, 0.1) is 0 Å². The summed E-state index contributed by atoms with van der Waals surface area (Å²) in [6, 6.07) is 5.80. The SMILES string of the molecule is O=C(Nc1nccs1)c1cccc2c1CCCN2. The molecule has 0 atom stereocenters. The van der Waals surface area contributed by atoms with E-state index in [9.17, 15) is 4.79 Å². The van der Waals surface area contributed by atoms with Crippen molar-refractivity contribution in [2.45, 2.75) is 12.8 Å². The van der Waals surface area contributed by atoms with Gasteiger partial charge in [0.1, 0.15) is 0 Å². The highest BCUT2D eigenvalue weighted by Crippen LogP contribution is 2.26. The van der Waals surface area contributed by atoms with Gasteiger partial charge in [0.15, 0.2) is 5.13 Å². The summed E-state index contributed by atoms with van der Waals surface area (Å²) < 4.78 is 0. The maximum atomic E-state index is 12.2. The van der Waals surface area contributed by atoms with Crippen LogP contribution in [0.3, 0.4) is 0 Å². The van der Waals surface area contributed by atoms with Crippen LogP contribution < -0.4 is 10.6 Å². The van der Waals surface area contributed by atoms with Crippen LogP contribution >= 0.6 is 11.3 Å². The van der Waals surface area contributed by atoms with E-state index < -0.39 is 0 Å². The minimum atomic E-state index is -0.0782. The van der Waals surface area contributed by atoms with Gasteiger partial charge in [-0.2, -0.15) is 0 Å². The Balaban J connectivity index is 1.89. The molecule has 3 rings (SSSR count). The molecule has 1 amide bonds. The van der Waals surface area contributed by atoms with Crippen molar-refractivity contribution in [1.82, 2.24) is 4.98 Å². The third-order valence-corrected chi connectivity index (χ3v) is 3.68. The number of nitrogens with one attached hydrogen (secondary N) is 2. The molecule has 1 aliphatic heterocycles. The number of anilines is 2. The standard InChI is InChI=1S/C13H13N3OS/c17-12(16-13-15-7-8-18-13)10-3-1-5-11-9(10)4-2-6-14-11/h1,3,5,7-8,14H,2,4,6H2,(H,15,16,17). The first kappa shape index (κ1) is 11.2. The minimum Gasteiger partial charge on any atom is -0.385 e. The summed E-state index contributed by atoms with van der Waals surface area (Å²) >= 11 is 1.42. The van der Waals surface area contributed by atoms with Gasteiger partial charge in [-0.15, -0.1) is 11.3 Å². The lowest BCUT2D eigenvalue weighted by atomic mass is 9.97. The number of thiazole rings is 1. The van der Waals surface area contributed by atoms with Gasteiger partial charge in [0.2, 0.25) is 0 Å². The highest BCUT2D eigenvalue weighted by atomic mass is 32.1. The molecule has 2 aromatic rings. The highest BCUT2D eigenvalue weighted by molar-refractivity contribution is 7.13. The van der Waals surface area contributed by atoms with Crippen molar-refractivity contribution in [2.75, 3.05) is 17.2 Å². The molecule has 1 aromatic carbocycles. The van der Waals surface area contributed by atoms with E-state index in [4.69, 9.17) is 0 Å². The van der Waals surface area contributed by atoms with Crippen molar-refractivity contribution in [2.24, 2.45) is 0 Å². The van der Waals surface area contributed by atoms with Crippen molar-refractivity contribution in [3.8, 4) is 0 Å². The predicted molar refractivity (Wildman–Crippen MR) is 73.3 cm³/mol. The first-order chi connectivity index (χ1) is 8.84. The molecule has 0 bridgehead atoms. The molecule has 0 saturated heterocycles. The van der Waals surface area contributed by atoms with Crippen molar-refractivity contribution in [1.29, 1.82) is 0 Å². The van der Waals surface area contributed by atoms with E-state index in [0.717, 1.165) is 36.2 Å². The van der Waals surface area contributed by atoms with Gasteiger partial charge in [0.25, 0.3) is 5.91 Å². The van der Waals surface area contributed by atoms with E-state index in [-0.39, 0.29) is 5.91 Å². The number of nitrogens with zero attached hydrogens (tertiary/aromatic N) is 1. The monoisotopic (exact) mass is 259 g/mol. The Kier molecular flexibility index (Phi) is 2.98. The molecular weight excluding hydrogens is 246 g/mol. The number of hydrogen-bond donors (Lipinski definition) is 2. The topological polar surface area (TPSA) is 54.0 Å². The zero-order chi connectivity index (χ0) is 12.4. The molecule has 0 aliphatic carbocycles. The van der Waals surface area contributed by atoms with Crippen LogP contribution in [0.1, 0.15) is 22.3 Å². The Morgan fingerprint density at radius 1 is 1.44 bits per heavy atom. The lowest BCUT2D eigenvalue weighted by molar-refractivity contribution is 0.102. The summed E-state index contributed by atoms with van der Waals surface area (Å²) in [6.07, 6.45) is 3.70. The number of aromatic nitrogens is 1. The predicted octanol–water partition coefficient (Wildman–Crippen LogP) is 2.75. The Labute approximate surface area is 109 Å². The van der Waals surface area contributed by atoms with Crippen molar-refractivity contribution in [3.05, 3.63) is 40.9 Å². The van der Waals surface area contributed by atoms with Gasteiger partial charge in [-0.25, -0.2) is 4.98 Å². The van der Waals surface area contributed by atoms with Crippen LogP contribution in [0.4, 0.5) is 10.8 Å². The molecule has 0 spiro atoms. The van der Waals surface area contributed by atoms with Crippen molar-refractivity contribution >= 4 is 28.1 Å². The number of benzene rings is 1. The van der Waals surface area contributed by atoms with E-state index in [1.165, 1.54) is 11.3 Å². The first-order valence-corrected chi connectivity index (χ1v) is 6.79. The number of hydrogen-bond acceptors (Lipinski definition) is 4. The molecule has 4 nitrogen and oxygen atoms in total. The smallest absolute Gasteiger partial charge is 0.257 e. The van der Waals surface area contributed by atoms with E-state index in [0.29, 0.717) is 5.13 Å². The van der Waals surface area contributed by atoms with Crippen LogP contribution in [0, 0.1) is 0 Å². The van der Waals surface area contributed by atoms with Crippen LogP contribution in [0.2, 0.25) is 0 Å². The Hall–Kier alpha value is -1.88. The van der Waals surface area contributed by atoms with Gasteiger partial charge in [-0.05, 0) is 30.5 Å². The van der Waals surface area contributed by atoms with Gasteiger partial charge in [-0.3, -0.25) is 10.1 Å².